The third-order valence-electron chi connectivity index (χ3n) is 5.13. The number of amides is 1. The molecule has 10 heteroatoms. The fourth-order valence-corrected chi connectivity index (χ4v) is 3.51. The Labute approximate surface area is 176 Å². The molecule has 4 rings (SSSR count). The van der Waals surface area contributed by atoms with E-state index in [2.05, 4.69) is 15.3 Å². The summed E-state index contributed by atoms with van der Waals surface area (Å²) in [7, 11) is 1.23. The summed E-state index contributed by atoms with van der Waals surface area (Å²) in [6, 6.07) is 5.30. The summed E-state index contributed by atoms with van der Waals surface area (Å²) in [5, 5.41) is 2.57. The van der Waals surface area contributed by atoms with Gasteiger partial charge in [-0.3, -0.25) is 4.79 Å². The summed E-state index contributed by atoms with van der Waals surface area (Å²) in [6.45, 7) is 1.33. The average molecular weight is 430 g/mol. The number of methoxy groups -OCH3 is 1. The van der Waals surface area contributed by atoms with Crippen LogP contribution in [-0.2, 0) is 9.47 Å². The molecule has 31 heavy (non-hydrogen) atoms. The molecule has 1 aliphatic rings. The maximum Gasteiger partial charge on any atom is 0.340 e. The van der Waals surface area contributed by atoms with Gasteiger partial charge in [-0.2, -0.15) is 0 Å². The largest absolute Gasteiger partial charge is 0.465 e. The summed E-state index contributed by atoms with van der Waals surface area (Å²) < 4.78 is 37.7. The van der Waals surface area contributed by atoms with Crippen LogP contribution in [0.15, 0.2) is 36.7 Å². The number of hydrogen-bond acceptors (Lipinski definition) is 6. The number of anilines is 1. The van der Waals surface area contributed by atoms with Gasteiger partial charge in [0.15, 0.2) is 0 Å². The van der Waals surface area contributed by atoms with E-state index in [0.29, 0.717) is 18.9 Å². The Balaban J connectivity index is 1.68. The number of halogens is 2. The highest BCUT2D eigenvalue weighted by Gasteiger charge is 2.22. The Hall–Kier alpha value is -3.40. The van der Waals surface area contributed by atoms with Gasteiger partial charge in [0.05, 0.1) is 24.1 Å². The average Bonchev–Trinajstić information content (AvgIpc) is 3.21. The van der Waals surface area contributed by atoms with Crippen molar-refractivity contribution in [3.05, 3.63) is 59.3 Å². The first kappa shape index (κ1) is 20.9. The summed E-state index contributed by atoms with van der Waals surface area (Å²) in [4.78, 5) is 33.2. The molecular formula is C21H20F2N4O4. The van der Waals surface area contributed by atoms with Crippen LogP contribution in [0.25, 0.3) is 5.65 Å². The first-order chi connectivity index (χ1) is 15.0. The van der Waals surface area contributed by atoms with E-state index in [1.54, 1.807) is 10.6 Å². The Bertz CT molecular complexity index is 1130. The van der Waals surface area contributed by atoms with Gasteiger partial charge in [-0.15, -0.1) is 0 Å². The topological polar surface area (TPSA) is 94.8 Å². The molecule has 0 unspecified atom stereocenters. The standard InChI is InChI=1S/C21H20F2N4O4/c1-30-21(29)13-9-18-25-16(12-5-7-31-8-6-12)10-27(18)11-17(13)26-20(28)15-4-2-3-14(24-15)19(22)23/h2-4,9-12,19H,5-8H2,1H3,(H,26,28). The Kier molecular flexibility index (Phi) is 5.90. The summed E-state index contributed by atoms with van der Waals surface area (Å²) in [5.74, 6) is -1.14. The van der Waals surface area contributed by atoms with Crippen molar-refractivity contribution in [2.75, 3.05) is 25.6 Å². The van der Waals surface area contributed by atoms with Crippen molar-refractivity contribution < 1.29 is 27.8 Å². The van der Waals surface area contributed by atoms with Crippen LogP contribution in [0.3, 0.4) is 0 Å². The summed E-state index contributed by atoms with van der Waals surface area (Å²) in [5.41, 5.74) is 0.947. The summed E-state index contributed by atoms with van der Waals surface area (Å²) in [6.07, 6.45) is 2.29. The van der Waals surface area contributed by atoms with Crippen LogP contribution in [0.1, 0.15) is 57.4 Å². The van der Waals surface area contributed by atoms with E-state index in [-0.39, 0.29) is 22.9 Å². The van der Waals surface area contributed by atoms with Crippen LogP contribution in [0.2, 0.25) is 0 Å². The maximum absolute atomic E-state index is 12.9. The molecule has 0 bridgehead atoms. The third kappa shape index (κ3) is 4.38. The van der Waals surface area contributed by atoms with Gasteiger partial charge in [0.25, 0.3) is 12.3 Å². The molecule has 0 aromatic carbocycles. The van der Waals surface area contributed by atoms with Gasteiger partial charge in [0.2, 0.25) is 0 Å². The molecule has 0 atom stereocenters. The Morgan fingerprint density at radius 1 is 1.23 bits per heavy atom. The molecule has 0 spiro atoms. The number of rotatable bonds is 5. The molecule has 1 N–H and O–H groups in total. The second-order valence-corrected chi connectivity index (χ2v) is 7.11. The minimum atomic E-state index is -2.80. The van der Waals surface area contributed by atoms with Crippen LogP contribution in [0.5, 0.6) is 0 Å². The number of aromatic nitrogens is 3. The van der Waals surface area contributed by atoms with E-state index >= 15 is 0 Å². The fraction of sp³-hybridized carbons (Fsp3) is 0.333. The molecule has 1 aliphatic heterocycles. The normalized spacial score (nSPS) is 14.7. The van der Waals surface area contributed by atoms with Crippen LogP contribution < -0.4 is 5.32 Å². The van der Waals surface area contributed by atoms with Gasteiger partial charge in [-0.25, -0.2) is 23.5 Å². The maximum atomic E-state index is 12.9. The minimum Gasteiger partial charge on any atom is -0.465 e. The van der Waals surface area contributed by atoms with E-state index in [9.17, 15) is 18.4 Å². The Morgan fingerprint density at radius 3 is 2.71 bits per heavy atom. The van der Waals surface area contributed by atoms with Crippen LogP contribution in [-0.4, -0.2) is 46.6 Å². The van der Waals surface area contributed by atoms with Crippen molar-refractivity contribution in [1.82, 2.24) is 14.4 Å². The Morgan fingerprint density at radius 2 is 2.00 bits per heavy atom. The number of alkyl halides is 2. The van der Waals surface area contributed by atoms with Crippen molar-refractivity contribution in [2.45, 2.75) is 25.2 Å². The first-order valence-electron chi connectivity index (χ1n) is 9.71. The lowest BCUT2D eigenvalue weighted by Crippen LogP contribution is -2.18. The number of pyridine rings is 2. The quantitative estimate of drug-likeness (QED) is 0.622. The lowest BCUT2D eigenvalue weighted by molar-refractivity contribution is 0.0602. The number of hydrogen-bond donors (Lipinski definition) is 1. The lowest BCUT2D eigenvalue weighted by Gasteiger charge is -2.19. The highest BCUT2D eigenvalue weighted by molar-refractivity contribution is 6.07. The number of nitrogens with zero attached hydrogens (tertiary/aromatic N) is 3. The van der Waals surface area contributed by atoms with Crippen molar-refractivity contribution in [3.63, 3.8) is 0 Å². The van der Waals surface area contributed by atoms with E-state index < -0.39 is 24.0 Å². The molecule has 0 aliphatic carbocycles. The molecule has 0 radical (unpaired) electrons. The highest BCUT2D eigenvalue weighted by Crippen LogP contribution is 2.28. The van der Waals surface area contributed by atoms with Crippen molar-refractivity contribution >= 4 is 23.2 Å². The van der Waals surface area contributed by atoms with Gasteiger partial charge in [0.1, 0.15) is 17.0 Å². The molecule has 1 saturated heterocycles. The second-order valence-electron chi connectivity index (χ2n) is 7.11. The smallest absolute Gasteiger partial charge is 0.340 e. The van der Waals surface area contributed by atoms with Crippen LogP contribution in [0, 0.1) is 0 Å². The monoisotopic (exact) mass is 430 g/mol. The number of esters is 1. The molecule has 1 fully saturated rings. The van der Waals surface area contributed by atoms with Gasteiger partial charge in [-0.1, -0.05) is 6.07 Å². The van der Waals surface area contributed by atoms with E-state index in [4.69, 9.17) is 9.47 Å². The van der Waals surface area contributed by atoms with Gasteiger partial charge in [0, 0.05) is 31.5 Å². The number of fused-ring (bicyclic) bond motifs is 1. The molecule has 4 heterocycles. The molecule has 0 saturated carbocycles. The van der Waals surface area contributed by atoms with Crippen LogP contribution in [0.4, 0.5) is 14.5 Å². The number of nitrogens with one attached hydrogen (secondary N) is 1. The van der Waals surface area contributed by atoms with E-state index in [1.807, 2.05) is 6.20 Å². The van der Waals surface area contributed by atoms with Gasteiger partial charge < -0.3 is 19.2 Å². The van der Waals surface area contributed by atoms with E-state index in [0.717, 1.165) is 24.6 Å². The minimum absolute atomic E-state index is 0.0949. The van der Waals surface area contributed by atoms with E-state index in [1.165, 1.54) is 25.3 Å². The lowest BCUT2D eigenvalue weighted by atomic mass is 9.97. The number of carbonyl (C=O) groups excluding carboxylic acids is 2. The number of carbonyl (C=O) groups is 2. The van der Waals surface area contributed by atoms with Gasteiger partial charge in [-0.05, 0) is 31.0 Å². The second kappa shape index (κ2) is 8.76. The molecule has 3 aromatic heterocycles. The SMILES string of the molecule is COC(=O)c1cc2nc(C3CCOCC3)cn2cc1NC(=O)c1cccc(C(F)F)n1. The van der Waals surface area contributed by atoms with Crippen molar-refractivity contribution in [2.24, 2.45) is 0 Å². The fourth-order valence-electron chi connectivity index (χ4n) is 3.51. The molecular weight excluding hydrogens is 410 g/mol. The summed E-state index contributed by atoms with van der Waals surface area (Å²) >= 11 is 0. The number of ether oxygens (including phenoxy) is 2. The van der Waals surface area contributed by atoms with Crippen molar-refractivity contribution in [3.8, 4) is 0 Å². The van der Waals surface area contributed by atoms with Gasteiger partial charge >= 0.3 is 5.97 Å². The highest BCUT2D eigenvalue weighted by atomic mass is 19.3. The molecule has 8 nitrogen and oxygen atoms in total. The predicted molar refractivity (Wildman–Crippen MR) is 106 cm³/mol. The van der Waals surface area contributed by atoms with Crippen LogP contribution >= 0.6 is 0 Å². The molecule has 1 amide bonds. The number of imidazole rings is 1. The zero-order chi connectivity index (χ0) is 22.0. The predicted octanol–water partition coefficient (Wildman–Crippen LogP) is 3.60. The molecule has 3 aromatic rings. The zero-order valence-electron chi connectivity index (χ0n) is 16.7. The third-order valence-corrected chi connectivity index (χ3v) is 5.13. The van der Waals surface area contributed by atoms with Crippen molar-refractivity contribution in [1.29, 1.82) is 0 Å². The zero-order valence-corrected chi connectivity index (χ0v) is 16.7. The first-order valence-corrected chi connectivity index (χ1v) is 9.71. The molecule has 162 valence electrons.